The third-order valence-corrected chi connectivity index (χ3v) is 5.01. The van der Waals surface area contributed by atoms with Crippen molar-refractivity contribution in [3.63, 3.8) is 0 Å². The first kappa shape index (κ1) is 17.9. The minimum Gasteiger partial charge on any atom is -0.392 e. The van der Waals surface area contributed by atoms with Gasteiger partial charge < -0.3 is 10.0 Å². The summed E-state index contributed by atoms with van der Waals surface area (Å²) in [5.41, 5.74) is 4.40. The summed E-state index contributed by atoms with van der Waals surface area (Å²) in [6.07, 6.45) is 0.562. The molecule has 0 saturated heterocycles. The monoisotopic (exact) mass is 361 g/mol. The number of alkyl halides is 1. The number of fused-ring (bicyclic) bond motifs is 1. The van der Waals surface area contributed by atoms with Crippen LogP contribution >= 0.6 is 11.6 Å². The predicted octanol–water partition coefficient (Wildman–Crippen LogP) is 3.77. The fraction of sp³-hybridized carbons (Fsp3) is 0.350. The normalized spacial score (nSPS) is 15.3. The fourth-order valence-corrected chi connectivity index (χ4v) is 3.58. The van der Waals surface area contributed by atoms with Crippen LogP contribution in [-0.4, -0.2) is 23.4 Å². The van der Waals surface area contributed by atoms with E-state index in [1.54, 1.807) is 17.0 Å². The van der Waals surface area contributed by atoms with Crippen molar-refractivity contribution in [2.45, 2.75) is 32.3 Å². The van der Waals surface area contributed by atoms with Gasteiger partial charge in [0, 0.05) is 17.6 Å². The van der Waals surface area contributed by atoms with Crippen molar-refractivity contribution in [2.24, 2.45) is 0 Å². The van der Waals surface area contributed by atoms with E-state index in [4.69, 9.17) is 11.6 Å². The summed E-state index contributed by atoms with van der Waals surface area (Å²) in [4.78, 5) is 13.9. The molecule has 1 aliphatic heterocycles. The van der Waals surface area contributed by atoms with Crippen LogP contribution in [0, 0.1) is 5.82 Å². The van der Waals surface area contributed by atoms with E-state index in [2.05, 4.69) is 13.8 Å². The van der Waals surface area contributed by atoms with Gasteiger partial charge >= 0.3 is 0 Å². The lowest BCUT2D eigenvalue weighted by Gasteiger charge is -2.20. The molecule has 0 saturated carbocycles. The molecule has 0 aromatic heterocycles. The number of carbonyl (C=O) groups excluding carboxylic acids is 1. The Bertz CT molecular complexity index is 802. The molecular formula is C20H21ClFNO2. The van der Waals surface area contributed by atoms with Gasteiger partial charge in [0.25, 0.3) is 0 Å². The second-order valence-electron chi connectivity index (χ2n) is 7.10. The van der Waals surface area contributed by atoms with Crippen molar-refractivity contribution >= 4 is 23.2 Å². The zero-order chi connectivity index (χ0) is 18.2. The Labute approximate surface area is 152 Å². The Morgan fingerprint density at radius 2 is 1.92 bits per heavy atom. The number of hydrogen-bond donors (Lipinski definition) is 1. The van der Waals surface area contributed by atoms with E-state index >= 15 is 0 Å². The highest BCUT2D eigenvalue weighted by molar-refractivity contribution is 6.29. The SMILES string of the molecule is CC1(C)CN(C(=O)CCl)c2cc(Cc3ccc(F)cc3)c(CO)cc21. The largest absolute Gasteiger partial charge is 0.392 e. The first-order chi connectivity index (χ1) is 11.9. The maximum atomic E-state index is 13.1. The Kier molecular flexibility index (Phi) is 4.85. The van der Waals surface area contributed by atoms with Crippen molar-refractivity contribution in [3.8, 4) is 0 Å². The maximum Gasteiger partial charge on any atom is 0.241 e. The Morgan fingerprint density at radius 3 is 2.52 bits per heavy atom. The summed E-state index contributed by atoms with van der Waals surface area (Å²) in [5, 5.41) is 9.80. The Morgan fingerprint density at radius 1 is 1.24 bits per heavy atom. The van der Waals surface area contributed by atoms with Gasteiger partial charge in [0.05, 0.1) is 6.61 Å². The van der Waals surface area contributed by atoms with Gasteiger partial charge in [0.15, 0.2) is 0 Å². The second-order valence-corrected chi connectivity index (χ2v) is 7.36. The van der Waals surface area contributed by atoms with Crippen molar-refractivity contribution < 1.29 is 14.3 Å². The van der Waals surface area contributed by atoms with E-state index in [-0.39, 0.29) is 29.6 Å². The molecule has 1 heterocycles. The summed E-state index contributed by atoms with van der Waals surface area (Å²) in [7, 11) is 0. The zero-order valence-electron chi connectivity index (χ0n) is 14.4. The fourth-order valence-electron chi connectivity index (χ4n) is 3.44. The van der Waals surface area contributed by atoms with Crippen LogP contribution in [0.5, 0.6) is 0 Å². The van der Waals surface area contributed by atoms with Gasteiger partial charge in [-0.25, -0.2) is 4.39 Å². The van der Waals surface area contributed by atoms with E-state index in [1.807, 2.05) is 12.1 Å². The lowest BCUT2D eigenvalue weighted by Crippen LogP contribution is -2.34. The highest BCUT2D eigenvalue weighted by Gasteiger charge is 2.38. The standard InChI is InChI=1S/C20H21ClFNO2/c1-20(2)12-23(19(25)10-21)18-9-14(15(11-24)8-17(18)20)7-13-3-5-16(22)6-4-13/h3-6,8-9,24H,7,10-12H2,1-2H3. The van der Waals surface area contributed by atoms with Crippen LogP contribution in [0.4, 0.5) is 10.1 Å². The molecule has 0 atom stereocenters. The number of aliphatic hydroxyl groups excluding tert-OH is 1. The van der Waals surface area contributed by atoms with Gasteiger partial charge in [0.2, 0.25) is 5.91 Å². The van der Waals surface area contributed by atoms with Crippen LogP contribution < -0.4 is 4.90 Å². The Hall–Kier alpha value is -1.91. The minimum atomic E-state index is -0.277. The number of halogens is 2. The van der Waals surface area contributed by atoms with Crippen molar-refractivity contribution in [2.75, 3.05) is 17.3 Å². The average Bonchev–Trinajstić information content (AvgIpc) is 2.86. The van der Waals surface area contributed by atoms with Gasteiger partial charge in [0.1, 0.15) is 11.7 Å². The molecule has 0 spiro atoms. The minimum absolute atomic E-state index is 0.0649. The third-order valence-electron chi connectivity index (χ3n) is 4.78. The second kappa shape index (κ2) is 6.77. The van der Waals surface area contributed by atoms with Gasteiger partial charge in [-0.1, -0.05) is 32.0 Å². The topological polar surface area (TPSA) is 40.5 Å². The summed E-state index contributed by atoms with van der Waals surface area (Å²) in [6.45, 7) is 4.64. The van der Waals surface area contributed by atoms with Gasteiger partial charge in [-0.3, -0.25) is 4.79 Å². The zero-order valence-corrected chi connectivity index (χ0v) is 15.1. The number of hydrogen-bond acceptors (Lipinski definition) is 2. The highest BCUT2D eigenvalue weighted by atomic mass is 35.5. The summed E-state index contributed by atoms with van der Waals surface area (Å²) < 4.78 is 13.1. The number of nitrogens with zero attached hydrogens (tertiary/aromatic N) is 1. The van der Waals surface area contributed by atoms with Crippen LogP contribution in [0.25, 0.3) is 0 Å². The summed E-state index contributed by atoms with van der Waals surface area (Å²) >= 11 is 5.77. The van der Waals surface area contributed by atoms with Gasteiger partial charge in [-0.2, -0.15) is 0 Å². The molecule has 3 rings (SSSR count). The molecule has 1 aliphatic rings. The number of benzene rings is 2. The first-order valence-corrected chi connectivity index (χ1v) is 8.77. The van der Waals surface area contributed by atoms with Crippen LogP contribution in [-0.2, 0) is 23.2 Å². The number of rotatable bonds is 4. The van der Waals surface area contributed by atoms with Crippen LogP contribution in [0.15, 0.2) is 36.4 Å². The van der Waals surface area contributed by atoms with E-state index in [0.29, 0.717) is 13.0 Å². The molecule has 0 unspecified atom stereocenters. The molecule has 3 nitrogen and oxygen atoms in total. The molecule has 2 aromatic carbocycles. The lowest BCUT2D eigenvalue weighted by atomic mass is 9.84. The smallest absolute Gasteiger partial charge is 0.241 e. The molecular weight excluding hydrogens is 341 g/mol. The van der Waals surface area contributed by atoms with E-state index < -0.39 is 0 Å². The molecule has 5 heteroatoms. The molecule has 1 amide bonds. The van der Waals surface area contributed by atoms with Crippen molar-refractivity contribution in [1.29, 1.82) is 0 Å². The van der Waals surface area contributed by atoms with E-state index in [0.717, 1.165) is 27.9 Å². The van der Waals surface area contributed by atoms with Crippen LogP contribution in [0.1, 0.15) is 36.1 Å². The number of carbonyl (C=O) groups is 1. The highest BCUT2D eigenvalue weighted by Crippen LogP contribution is 2.42. The van der Waals surface area contributed by atoms with Gasteiger partial charge in [-0.05, 0) is 46.9 Å². The molecule has 0 radical (unpaired) electrons. The predicted molar refractivity (Wildman–Crippen MR) is 97.7 cm³/mol. The number of anilines is 1. The van der Waals surface area contributed by atoms with Crippen molar-refractivity contribution in [1.82, 2.24) is 0 Å². The van der Waals surface area contributed by atoms with E-state index in [1.165, 1.54) is 12.1 Å². The third kappa shape index (κ3) is 3.42. The number of amides is 1. The Balaban J connectivity index is 2.05. The number of aliphatic hydroxyl groups is 1. The summed E-state index contributed by atoms with van der Waals surface area (Å²) in [5.74, 6) is -0.469. The molecule has 2 aromatic rings. The van der Waals surface area contributed by atoms with Crippen LogP contribution in [0.2, 0.25) is 0 Å². The maximum absolute atomic E-state index is 13.1. The molecule has 1 N–H and O–H groups in total. The molecule has 0 aliphatic carbocycles. The quantitative estimate of drug-likeness (QED) is 0.842. The lowest BCUT2D eigenvalue weighted by molar-refractivity contribution is -0.116. The molecule has 0 fully saturated rings. The molecule has 132 valence electrons. The first-order valence-electron chi connectivity index (χ1n) is 8.23. The average molecular weight is 362 g/mol. The summed E-state index contributed by atoms with van der Waals surface area (Å²) in [6, 6.07) is 10.3. The van der Waals surface area contributed by atoms with Crippen LogP contribution in [0.3, 0.4) is 0 Å². The van der Waals surface area contributed by atoms with Crippen molar-refractivity contribution in [3.05, 3.63) is 64.5 Å². The van der Waals surface area contributed by atoms with Gasteiger partial charge in [-0.15, -0.1) is 11.6 Å². The molecule has 25 heavy (non-hydrogen) atoms. The molecule has 0 bridgehead atoms. The van der Waals surface area contributed by atoms with E-state index in [9.17, 15) is 14.3 Å².